The van der Waals surface area contributed by atoms with Gasteiger partial charge < -0.3 is 9.84 Å². The summed E-state index contributed by atoms with van der Waals surface area (Å²) in [6, 6.07) is 6.54. The van der Waals surface area contributed by atoms with Crippen molar-refractivity contribution in [1.29, 1.82) is 0 Å². The van der Waals surface area contributed by atoms with Gasteiger partial charge in [-0.2, -0.15) is 0 Å². The molecule has 1 aromatic rings. The van der Waals surface area contributed by atoms with E-state index in [0.717, 1.165) is 31.4 Å². The third kappa shape index (κ3) is 1.83. The quantitative estimate of drug-likeness (QED) is 0.886. The van der Waals surface area contributed by atoms with Crippen LogP contribution in [0, 0.1) is 17.3 Å². The lowest BCUT2D eigenvalue weighted by Gasteiger charge is -2.47. The van der Waals surface area contributed by atoms with E-state index in [0.29, 0.717) is 11.8 Å². The molecule has 0 aromatic heterocycles. The van der Waals surface area contributed by atoms with E-state index in [9.17, 15) is 5.11 Å². The molecule has 0 bridgehead atoms. The summed E-state index contributed by atoms with van der Waals surface area (Å²) in [5.41, 5.74) is 4.57. The first-order valence-electron chi connectivity index (χ1n) is 8.75. The van der Waals surface area contributed by atoms with E-state index in [2.05, 4.69) is 31.2 Å². The zero-order chi connectivity index (χ0) is 15.3. The maximum atomic E-state index is 10.6. The molecule has 4 unspecified atom stereocenters. The van der Waals surface area contributed by atoms with Gasteiger partial charge in [-0.3, -0.25) is 0 Å². The van der Waals surface area contributed by atoms with E-state index in [-0.39, 0.29) is 11.5 Å². The normalized spacial score (nSPS) is 36.1. The van der Waals surface area contributed by atoms with Gasteiger partial charge >= 0.3 is 0 Å². The van der Waals surface area contributed by atoms with E-state index in [1.165, 1.54) is 24.0 Å². The fourth-order valence-electron chi connectivity index (χ4n) is 5.52. The van der Waals surface area contributed by atoms with Crippen molar-refractivity contribution in [1.82, 2.24) is 0 Å². The molecule has 1 fully saturated rings. The maximum absolute atomic E-state index is 10.6. The predicted molar refractivity (Wildman–Crippen MR) is 88.9 cm³/mol. The molecule has 118 valence electrons. The molecule has 2 heteroatoms. The highest BCUT2D eigenvalue weighted by atomic mass is 16.5. The Morgan fingerprint density at radius 2 is 2.14 bits per heavy atom. The molecule has 1 N–H and O–H groups in total. The summed E-state index contributed by atoms with van der Waals surface area (Å²) in [6.07, 6.45) is 9.06. The highest BCUT2D eigenvalue weighted by Gasteiger charge is 2.53. The number of allylic oxidation sites excluding steroid dienone is 2. The summed E-state index contributed by atoms with van der Waals surface area (Å²) >= 11 is 0. The minimum Gasteiger partial charge on any atom is -0.497 e. The standard InChI is InChI=1S/C20H26O2/c1-3-20-11-10-16-15-7-5-14(22-2)12-13(15)4-6-17(16)18(20)8-9-19(20)21/h5,7,10,12,17-19,21H,3-4,6,8-9,11H2,1-2H3. The van der Waals surface area contributed by atoms with Crippen molar-refractivity contribution >= 4 is 5.57 Å². The average molecular weight is 298 g/mol. The Kier molecular flexibility index (Phi) is 3.34. The van der Waals surface area contributed by atoms with Crippen LogP contribution in [0.4, 0.5) is 0 Å². The second-order valence-electron chi connectivity index (χ2n) is 7.32. The van der Waals surface area contributed by atoms with Gasteiger partial charge in [-0.25, -0.2) is 0 Å². The molecule has 0 radical (unpaired) electrons. The van der Waals surface area contributed by atoms with Crippen molar-refractivity contribution in [3.8, 4) is 5.75 Å². The Labute approximate surface area is 133 Å². The van der Waals surface area contributed by atoms with Crippen LogP contribution in [0.1, 0.15) is 50.2 Å². The van der Waals surface area contributed by atoms with Gasteiger partial charge in [-0.15, -0.1) is 0 Å². The molecule has 3 aliphatic carbocycles. The van der Waals surface area contributed by atoms with Gasteiger partial charge in [0.15, 0.2) is 0 Å². The van der Waals surface area contributed by atoms with Gasteiger partial charge in [0.2, 0.25) is 0 Å². The lowest BCUT2D eigenvalue weighted by atomic mass is 9.58. The number of hydrogen-bond acceptors (Lipinski definition) is 2. The molecule has 0 spiro atoms. The van der Waals surface area contributed by atoms with Crippen LogP contribution in [0.5, 0.6) is 5.75 Å². The van der Waals surface area contributed by atoms with E-state index < -0.39 is 0 Å². The largest absolute Gasteiger partial charge is 0.497 e. The average Bonchev–Trinajstić information content (AvgIpc) is 2.91. The molecule has 3 aliphatic rings. The van der Waals surface area contributed by atoms with Gasteiger partial charge in [0, 0.05) is 5.41 Å². The monoisotopic (exact) mass is 298 g/mol. The summed E-state index contributed by atoms with van der Waals surface area (Å²) < 4.78 is 5.38. The van der Waals surface area contributed by atoms with Crippen molar-refractivity contribution in [3.63, 3.8) is 0 Å². The third-order valence-corrected chi connectivity index (χ3v) is 6.75. The van der Waals surface area contributed by atoms with E-state index >= 15 is 0 Å². The minimum atomic E-state index is -0.0995. The van der Waals surface area contributed by atoms with Gasteiger partial charge in [-0.1, -0.05) is 19.1 Å². The van der Waals surface area contributed by atoms with Crippen LogP contribution in [-0.2, 0) is 6.42 Å². The number of benzene rings is 1. The Morgan fingerprint density at radius 3 is 2.91 bits per heavy atom. The van der Waals surface area contributed by atoms with Crippen LogP contribution in [0.2, 0.25) is 0 Å². The fourth-order valence-corrected chi connectivity index (χ4v) is 5.52. The number of aryl methyl sites for hydroxylation is 1. The Balaban J connectivity index is 1.76. The highest BCUT2D eigenvalue weighted by molar-refractivity contribution is 5.73. The van der Waals surface area contributed by atoms with Gasteiger partial charge in [0.1, 0.15) is 5.75 Å². The Hall–Kier alpha value is -1.28. The molecule has 4 rings (SSSR count). The Morgan fingerprint density at radius 1 is 1.27 bits per heavy atom. The fraction of sp³-hybridized carbons (Fsp3) is 0.600. The van der Waals surface area contributed by atoms with Crippen molar-refractivity contribution in [3.05, 3.63) is 35.4 Å². The highest BCUT2D eigenvalue weighted by Crippen LogP contribution is 2.60. The van der Waals surface area contributed by atoms with Crippen LogP contribution < -0.4 is 4.74 Å². The van der Waals surface area contributed by atoms with Crippen LogP contribution in [0.15, 0.2) is 24.3 Å². The summed E-state index contributed by atoms with van der Waals surface area (Å²) in [6.45, 7) is 2.27. The van der Waals surface area contributed by atoms with Crippen molar-refractivity contribution in [2.75, 3.05) is 7.11 Å². The Bertz CT molecular complexity index is 618. The number of aliphatic hydroxyl groups excluding tert-OH is 1. The summed E-state index contributed by atoms with van der Waals surface area (Å²) in [5, 5.41) is 10.6. The molecule has 0 saturated heterocycles. The van der Waals surface area contributed by atoms with Crippen LogP contribution >= 0.6 is 0 Å². The predicted octanol–water partition coefficient (Wildman–Crippen LogP) is 4.21. The first-order chi connectivity index (χ1) is 10.7. The molecular formula is C20H26O2. The number of aliphatic hydroxyl groups is 1. The van der Waals surface area contributed by atoms with Gasteiger partial charge in [0.25, 0.3) is 0 Å². The number of fused-ring (bicyclic) bond motifs is 5. The molecule has 0 heterocycles. The molecule has 0 aliphatic heterocycles. The van der Waals surface area contributed by atoms with Crippen LogP contribution in [-0.4, -0.2) is 18.3 Å². The van der Waals surface area contributed by atoms with Crippen molar-refractivity contribution in [2.24, 2.45) is 17.3 Å². The first kappa shape index (κ1) is 14.3. The SMILES string of the molecule is CCC12CC=C3c4ccc(OC)cc4CCC3C1CCC2O. The van der Waals surface area contributed by atoms with Crippen molar-refractivity contribution in [2.45, 2.75) is 51.6 Å². The molecule has 4 atom stereocenters. The zero-order valence-electron chi connectivity index (χ0n) is 13.6. The van der Waals surface area contributed by atoms with E-state index in [1.54, 1.807) is 12.7 Å². The summed E-state index contributed by atoms with van der Waals surface area (Å²) in [5.74, 6) is 2.28. The molecule has 0 amide bonds. The second-order valence-corrected chi connectivity index (χ2v) is 7.32. The maximum Gasteiger partial charge on any atom is 0.119 e. The van der Waals surface area contributed by atoms with Gasteiger partial charge in [-0.05, 0) is 79.2 Å². The second kappa shape index (κ2) is 5.13. The van der Waals surface area contributed by atoms with E-state index in [1.807, 2.05) is 0 Å². The third-order valence-electron chi connectivity index (χ3n) is 6.75. The molecule has 1 aromatic carbocycles. The van der Waals surface area contributed by atoms with Gasteiger partial charge in [0.05, 0.1) is 13.2 Å². The molecule has 1 saturated carbocycles. The first-order valence-corrected chi connectivity index (χ1v) is 8.75. The lowest BCUT2D eigenvalue weighted by molar-refractivity contribution is 0.00653. The minimum absolute atomic E-state index is 0.0995. The molecular weight excluding hydrogens is 272 g/mol. The van der Waals surface area contributed by atoms with Crippen molar-refractivity contribution < 1.29 is 9.84 Å². The topological polar surface area (TPSA) is 29.5 Å². The smallest absolute Gasteiger partial charge is 0.119 e. The number of ether oxygens (including phenoxy) is 1. The van der Waals surface area contributed by atoms with Crippen LogP contribution in [0.3, 0.4) is 0 Å². The zero-order valence-corrected chi connectivity index (χ0v) is 13.6. The lowest BCUT2D eigenvalue weighted by Crippen LogP contribution is -2.41. The van der Waals surface area contributed by atoms with E-state index in [4.69, 9.17) is 4.74 Å². The summed E-state index contributed by atoms with van der Waals surface area (Å²) in [4.78, 5) is 0. The number of rotatable bonds is 2. The number of hydrogen-bond donors (Lipinski definition) is 1. The number of methoxy groups -OCH3 is 1. The molecule has 22 heavy (non-hydrogen) atoms. The van der Waals surface area contributed by atoms with Crippen LogP contribution in [0.25, 0.3) is 5.57 Å². The summed E-state index contributed by atoms with van der Waals surface area (Å²) in [7, 11) is 1.74. The molecule has 2 nitrogen and oxygen atoms in total.